The minimum atomic E-state index is -1.17. The number of fused-ring (bicyclic) bond motifs is 1. The molecule has 0 radical (unpaired) electrons. The number of hydrogen-bond donors (Lipinski definition) is 4. The maximum absolute atomic E-state index is 13.0. The summed E-state index contributed by atoms with van der Waals surface area (Å²) in [5.74, 6) is -3.43. The van der Waals surface area contributed by atoms with Crippen molar-refractivity contribution in [2.75, 3.05) is 13.1 Å². The van der Waals surface area contributed by atoms with Gasteiger partial charge in [0.1, 0.15) is 11.3 Å². The zero-order valence-corrected chi connectivity index (χ0v) is 21.3. The lowest BCUT2D eigenvalue weighted by Gasteiger charge is -2.24. The van der Waals surface area contributed by atoms with E-state index in [9.17, 15) is 24.0 Å². The molecule has 0 aromatic carbocycles. The number of Topliss-reactive ketones (excluding diaryl/α,β-unsaturated/α-hetero) is 1. The Kier molecular flexibility index (Phi) is 8.34. The Morgan fingerprint density at radius 3 is 2.61 bits per heavy atom. The second-order valence-electron chi connectivity index (χ2n) is 9.23. The summed E-state index contributed by atoms with van der Waals surface area (Å²) in [4.78, 5) is 67.1. The third-order valence-electron chi connectivity index (χ3n) is 6.56. The molecule has 4 amide bonds. The second kappa shape index (κ2) is 11.6. The van der Waals surface area contributed by atoms with Crippen LogP contribution in [0, 0.1) is 5.92 Å². The zero-order chi connectivity index (χ0) is 25.7. The zero-order valence-electron chi connectivity index (χ0n) is 19.7. The van der Waals surface area contributed by atoms with E-state index in [0.29, 0.717) is 18.6 Å². The van der Waals surface area contributed by atoms with Gasteiger partial charge in [-0.25, -0.2) is 4.98 Å². The van der Waals surface area contributed by atoms with Crippen LogP contribution in [0.15, 0.2) is 29.0 Å². The van der Waals surface area contributed by atoms with Gasteiger partial charge in [0.15, 0.2) is 0 Å². The summed E-state index contributed by atoms with van der Waals surface area (Å²) in [7, 11) is 0. The van der Waals surface area contributed by atoms with Gasteiger partial charge in [-0.15, -0.1) is 0 Å². The highest BCUT2D eigenvalue weighted by molar-refractivity contribution is 9.10. The van der Waals surface area contributed by atoms with Crippen LogP contribution in [0.4, 0.5) is 0 Å². The van der Waals surface area contributed by atoms with E-state index in [1.807, 2.05) is 0 Å². The van der Waals surface area contributed by atoms with Crippen molar-refractivity contribution in [3.05, 3.63) is 34.7 Å². The van der Waals surface area contributed by atoms with Gasteiger partial charge < -0.3 is 25.7 Å². The molecule has 4 rings (SSSR count). The Hall–Kier alpha value is -3.28. The van der Waals surface area contributed by atoms with E-state index in [0.717, 1.165) is 36.6 Å². The van der Waals surface area contributed by atoms with Gasteiger partial charge in [0.25, 0.3) is 11.8 Å². The van der Waals surface area contributed by atoms with Gasteiger partial charge in [0.05, 0.1) is 12.6 Å². The van der Waals surface area contributed by atoms with Crippen molar-refractivity contribution < 1.29 is 24.0 Å². The molecule has 2 atom stereocenters. The van der Waals surface area contributed by atoms with Crippen molar-refractivity contribution in [2.24, 2.45) is 5.92 Å². The number of imidazole rings is 1. The lowest BCUT2D eigenvalue weighted by atomic mass is 9.93. The first kappa shape index (κ1) is 25.8. The standard InChI is InChI=1S/C24H29BrN6O5/c25-15-6-7-19-29-18(13-31(19)12-15)23(35)27-11-20(32)30-17(10-14-8-9-26-22(14)34)21(33)24(36)28-16-4-2-1-3-5-16/h6-7,12-14,16-17H,1-5,8-11H2,(H,26,34)(H,27,35)(H,28,36)(H,30,32)/t14?,17-/m0/s1. The molecular weight excluding hydrogens is 532 g/mol. The number of halogens is 1. The van der Waals surface area contributed by atoms with E-state index < -0.39 is 42.0 Å². The van der Waals surface area contributed by atoms with E-state index in [2.05, 4.69) is 42.2 Å². The molecule has 3 heterocycles. The molecule has 192 valence electrons. The molecule has 0 bridgehead atoms. The Morgan fingerprint density at radius 2 is 1.89 bits per heavy atom. The summed E-state index contributed by atoms with van der Waals surface area (Å²) in [6, 6.07) is 2.30. The highest BCUT2D eigenvalue weighted by Crippen LogP contribution is 2.19. The van der Waals surface area contributed by atoms with Gasteiger partial charge in [-0.05, 0) is 53.7 Å². The van der Waals surface area contributed by atoms with Gasteiger partial charge >= 0.3 is 0 Å². The number of nitrogens with zero attached hydrogens (tertiary/aromatic N) is 2. The van der Waals surface area contributed by atoms with Crippen LogP contribution in [0.2, 0.25) is 0 Å². The predicted octanol–water partition coefficient (Wildman–Crippen LogP) is 0.856. The van der Waals surface area contributed by atoms with Gasteiger partial charge in [-0.1, -0.05) is 19.3 Å². The van der Waals surface area contributed by atoms with Gasteiger partial charge in [0.2, 0.25) is 17.6 Å². The van der Waals surface area contributed by atoms with Crippen LogP contribution in [0.5, 0.6) is 0 Å². The Labute approximate surface area is 216 Å². The normalized spacial score (nSPS) is 18.9. The molecule has 2 aromatic heterocycles. The van der Waals surface area contributed by atoms with E-state index in [1.165, 1.54) is 6.20 Å². The fourth-order valence-corrected chi connectivity index (χ4v) is 4.97. The van der Waals surface area contributed by atoms with E-state index >= 15 is 0 Å². The Bertz CT molecular complexity index is 1170. The molecule has 1 aliphatic heterocycles. The third kappa shape index (κ3) is 6.48. The van der Waals surface area contributed by atoms with Crippen molar-refractivity contribution in [3.63, 3.8) is 0 Å². The molecule has 36 heavy (non-hydrogen) atoms. The lowest BCUT2D eigenvalue weighted by molar-refractivity contribution is -0.141. The van der Waals surface area contributed by atoms with Crippen molar-refractivity contribution in [1.29, 1.82) is 0 Å². The maximum atomic E-state index is 13.0. The Morgan fingerprint density at radius 1 is 1.11 bits per heavy atom. The molecular formula is C24H29BrN6O5. The minimum absolute atomic E-state index is 0.0176. The average molecular weight is 561 g/mol. The number of amides is 4. The Balaban J connectivity index is 1.36. The molecule has 4 N–H and O–H groups in total. The number of rotatable bonds is 9. The molecule has 2 aliphatic rings. The lowest BCUT2D eigenvalue weighted by Crippen LogP contribution is -2.52. The number of pyridine rings is 1. The van der Waals surface area contributed by atoms with E-state index in [1.54, 1.807) is 22.7 Å². The van der Waals surface area contributed by atoms with E-state index in [4.69, 9.17) is 0 Å². The molecule has 1 saturated carbocycles. The predicted molar refractivity (Wildman–Crippen MR) is 133 cm³/mol. The summed E-state index contributed by atoms with van der Waals surface area (Å²) in [6.45, 7) is 0.0690. The number of carbonyl (C=O) groups excluding carboxylic acids is 5. The summed E-state index contributed by atoms with van der Waals surface area (Å²) in [5.41, 5.74) is 0.695. The molecule has 2 aromatic rings. The molecule has 11 nitrogen and oxygen atoms in total. The number of ketones is 1. The topological polar surface area (TPSA) is 151 Å². The smallest absolute Gasteiger partial charge is 0.289 e. The summed E-state index contributed by atoms with van der Waals surface area (Å²) < 4.78 is 2.49. The van der Waals surface area contributed by atoms with Gasteiger partial charge in [-0.2, -0.15) is 0 Å². The van der Waals surface area contributed by atoms with Gasteiger partial charge in [0, 0.05) is 35.4 Å². The highest BCUT2D eigenvalue weighted by Gasteiger charge is 2.34. The fourth-order valence-electron chi connectivity index (χ4n) is 4.62. The van der Waals surface area contributed by atoms with E-state index in [-0.39, 0.29) is 24.1 Å². The maximum Gasteiger partial charge on any atom is 0.289 e. The van der Waals surface area contributed by atoms with Crippen LogP contribution in [-0.2, 0) is 19.2 Å². The SMILES string of the molecule is O=C(CNC(=O)c1cn2cc(Br)ccc2n1)N[C@@H](CC1CCNC1=O)C(=O)C(=O)NC1CCCCC1. The third-order valence-corrected chi connectivity index (χ3v) is 7.03. The van der Waals surface area contributed by atoms with Crippen LogP contribution >= 0.6 is 15.9 Å². The largest absolute Gasteiger partial charge is 0.356 e. The van der Waals surface area contributed by atoms with Crippen LogP contribution in [0.3, 0.4) is 0 Å². The molecule has 2 fully saturated rings. The first-order chi connectivity index (χ1) is 17.3. The van der Waals surface area contributed by atoms with Crippen molar-refractivity contribution >= 4 is 51.0 Å². The molecule has 0 spiro atoms. The first-order valence-electron chi connectivity index (χ1n) is 12.1. The van der Waals surface area contributed by atoms with Crippen LogP contribution in [-0.4, -0.2) is 64.0 Å². The minimum Gasteiger partial charge on any atom is -0.356 e. The van der Waals surface area contributed by atoms with Crippen molar-refractivity contribution in [1.82, 2.24) is 30.7 Å². The molecule has 12 heteroatoms. The van der Waals surface area contributed by atoms with Gasteiger partial charge in [-0.3, -0.25) is 24.0 Å². The van der Waals surface area contributed by atoms with Crippen molar-refractivity contribution in [2.45, 2.75) is 57.0 Å². The monoisotopic (exact) mass is 560 g/mol. The average Bonchev–Trinajstić information content (AvgIpc) is 3.47. The second-order valence-corrected chi connectivity index (χ2v) is 10.1. The highest BCUT2D eigenvalue weighted by atomic mass is 79.9. The van der Waals surface area contributed by atoms with Crippen molar-refractivity contribution in [3.8, 4) is 0 Å². The number of aromatic nitrogens is 2. The number of hydrogen-bond acceptors (Lipinski definition) is 6. The first-order valence-corrected chi connectivity index (χ1v) is 12.9. The summed E-state index contributed by atoms with van der Waals surface area (Å²) in [5, 5.41) is 10.5. The van der Waals surface area contributed by atoms with Crippen LogP contribution in [0.1, 0.15) is 55.4 Å². The molecule has 1 aliphatic carbocycles. The summed E-state index contributed by atoms with van der Waals surface area (Å²) >= 11 is 3.35. The molecule has 1 unspecified atom stereocenters. The summed E-state index contributed by atoms with van der Waals surface area (Å²) in [6.07, 6.45) is 8.53. The number of carbonyl (C=O) groups is 5. The molecule has 1 saturated heterocycles. The van der Waals surface area contributed by atoms with Crippen LogP contribution in [0.25, 0.3) is 5.65 Å². The quantitative estimate of drug-likeness (QED) is 0.334. The number of nitrogens with one attached hydrogen (secondary N) is 4. The van der Waals surface area contributed by atoms with Crippen LogP contribution < -0.4 is 21.3 Å². The fraction of sp³-hybridized carbons (Fsp3) is 0.500.